The quantitative estimate of drug-likeness (QED) is 0.00953. The second-order valence-electron chi connectivity index (χ2n) is 16.3. The van der Waals surface area contributed by atoms with Crippen molar-refractivity contribution in [3.8, 4) is 0 Å². The van der Waals surface area contributed by atoms with Crippen LogP contribution >= 0.6 is 15.6 Å². The van der Waals surface area contributed by atoms with Crippen molar-refractivity contribution in [3.05, 3.63) is 97.2 Å². The Morgan fingerprint density at radius 3 is 1.60 bits per heavy atom. The predicted molar refractivity (Wildman–Crippen MR) is 261 cm³/mol. The highest BCUT2D eigenvalue weighted by Gasteiger charge is 2.54. The van der Waals surface area contributed by atoms with Gasteiger partial charge >= 0.3 is 27.6 Å². The lowest BCUT2D eigenvalue weighted by Crippen LogP contribution is -2.64. The lowest BCUT2D eigenvalue weighted by atomic mass is 9.85. The van der Waals surface area contributed by atoms with Crippen LogP contribution in [-0.4, -0.2) is 114 Å². The van der Waals surface area contributed by atoms with Gasteiger partial charge in [0, 0.05) is 12.8 Å². The average Bonchev–Trinajstić information content (AvgIpc) is 3.29. The normalized spacial score (nSPS) is 22.6. The van der Waals surface area contributed by atoms with Gasteiger partial charge in [-0.15, -0.1) is 0 Å². The summed E-state index contributed by atoms with van der Waals surface area (Å²) in [6, 6.07) is 0. The molecular formula is C49H80O17P2. The summed E-state index contributed by atoms with van der Waals surface area (Å²) in [6.07, 6.45) is 30.9. The fourth-order valence-corrected chi connectivity index (χ4v) is 8.13. The van der Waals surface area contributed by atoms with E-state index in [0.717, 1.165) is 77.0 Å². The minimum atomic E-state index is -5.38. The zero-order valence-corrected chi connectivity index (χ0v) is 41.6. The molecule has 19 heteroatoms. The van der Waals surface area contributed by atoms with Crippen LogP contribution in [-0.2, 0) is 41.8 Å². The van der Waals surface area contributed by atoms with Gasteiger partial charge in [0.25, 0.3) is 0 Å². The minimum absolute atomic E-state index is 0.0215. The number of hydrogen-bond donors (Lipinski definition) is 8. The number of allylic oxidation sites excluding steroid dienone is 15. The molecule has 9 atom stereocenters. The number of phosphoric ester groups is 2. The molecule has 0 spiro atoms. The summed E-state index contributed by atoms with van der Waals surface area (Å²) in [5.41, 5.74) is 0. The second-order valence-corrected chi connectivity index (χ2v) is 18.9. The number of aliphatic hydroxyl groups is 5. The van der Waals surface area contributed by atoms with Crippen molar-refractivity contribution in [1.82, 2.24) is 0 Å². The Kier molecular flexibility index (Phi) is 35.7. The highest BCUT2D eigenvalue weighted by atomic mass is 31.2. The van der Waals surface area contributed by atoms with E-state index in [1.165, 1.54) is 0 Å². The van der Waals surface area contributed by atoms with Gasteiger partial charge in [-0.1, -0.05) is 143 Å². The van der Waals surface area contributed by atoms with Gasteiger partial charge in [0.15, 0.2) is 6.10 Å². The molecule has 1 aliphatic rings. The van der Waals surface area contributed by atoms with Gasteiger partial charge in [-0.2, -0.15) is 0 Å². The third-order valence-electron chi connectivity index (χ3n) is 10.3. The summed E-state index contributed by atoms with van der Waals surface area (Å²) >= 11 is 0. The zero-order valence-electron chi connectivity index (χ0n) is 39.9. The van der Waals surface area contributed by atoms with E-state index in [1.54, 1.807) is 6.08 Å². The topological polar surface area (TPSA) is 276 Å². The van der Waals surface area contributed by atoms with Crippen LogP contribution in [0, 0.1) is 0 Å². The monoisotopic (exact) mass is 1000 g/mol. The summed E-state index contributed by atoms with van der Waals surface area (Å²) in [4.78, 5) is 54.3. The zero-order chi connectivity index (χ0) is 50.5. The second kappa shape index (κ2) is 38.6. The summed E-state index contributed by atoms with van der Waals surface area (Å²) in [6.45, 7) is 2.74. The number of ether oxygens (including phenoxy) is 2. The number of unbranched alkanes of at least 4 members (excludes halogenated alkanes) is 7. The number of carbonyl (C=O) groups is 2. The van der Waals surface area contributed by atoms with Crippen molar-refractivity contribution >= 4 is 27.6 Å². The molecule has 0 saturated heterocycles. The molecule has 8 N–H and O–H groups in total. The van der Waals surface area contributed by atoms with Crippen molar-refractivity contribution < 1.29 is 82.0 Å². The smallest absolute Gasteiger partial charge is 0.462 e. The summed E-state index contributed by atoms with van der Waals surface area (Å²) in [5, 5.41) is 51.4. The Morgan fingerprint density at radius 2 is 1.03 bits per heavy atom. The molecule has 0 radical (unpaired) electrons. The molecule has 1 rings (SSSR count). The molecule has 6 unspecified atom stereocenters. The number of esters is 2. The average molecular weight is 1000 g/mol. The van der Waals surface area contributed by atoms with Gasteiger partial charge < -0.3 is 49.7 Å². The van der Waals surface area contributed by atoms with Gasteiger partial charge in [0.05, 0.1) is 12.7 Å². The Balaban J connectivity index is 2.65. The van der Waals surface area contributed by atoms with Gasteiger partial charge in [-0.25, -0.2) is 9.13 Å². The van der Waals surface area contributed by atoms with Gasteiger partial charge in [0.2, 0.25) is 0 Å². The molecule has 68 heavy (non-hydrogen) atoms. The Morgan fingerprint density at radius 1 is 0.544 bits per heavy atom. The van der Waals surface area contributed by atoms with Crippen molar-refractivity contribution in [2.75, 3.05) is 13.2 Å². The van der Waals surface area contributed by atoms with Crippen LogP contribution in [0.3, 0.4) is 0 Å². The van der Waals surface area contributed by atoms with E-state index in [9.17, 15) is 58.9 Å². The standard InChI is InChI=1S/C49H80O17P2/c1-3-5-7-9-11-12-13-14-15-16-17-18-19-20-21-22-24-28-33-37-43(52)64-41(38-62-42(51)36-32-29-25-27-31-35-40(50)34-30-26-23-10-8-6-4-2)39-63-68(60,61)66-49-46(55)44(53)45(54)48(47(49)56)65-67(57,58)59/h5-8,11-12,14-15,17-18,20-21,23,26,30,34,40-41,44-50,53-56H,3-4,9-10,13,16,19,22,24-25,27-29,31-33,35-39H2,1-2H3,(H,60,61)(H2,57,58,59)/b7-5-,8-6+,12-11-,15-14-,18-17-,21-20-,26-23+,34-30+/t40?,41-,44?,45?,46?,47?,48-,49+/m1/s1. The summed E-state index contributed by atoms with van der Waals surface area (Å²) in [5.74, 6) is -1.33. The van der Waals surface area contributed by atoms with E-state index < -0.39 is 89.6 Å². The molecule has 0 aromatic heterocycles. The first-order valence-electron chi connectivity index (χ1n) is 23.9. The van der Waals surface area contributed by atoms with Crippen LogP contribution < -0.4 is 0 Å². The van der Waals surface area contributed by atoms with Crippen molar-refractivity contribution in [2.24, 2.45) is 0 Å². The molecule has 0 aromatic rings. The molecular weight excluding hydrogens is 922 g/mol. The van der Waals surface area contributed by atoms with Crippen LogP contribution in [0.1, 0.15) is 136 Å². The van der Waals surface area contributed by atoms with E-state index in [0.29, 0.717) is 32.1 Å². The fourth-order valence-electron chi connectivity index (χ4n) is 6.59. The number of hydrogen-bond acceptors (Lipinski definition) is 14. The molecule has 1 saturated carbocycles. The van der Waals surface area contributed by atoms with Gasteiger partial charge in [0.1, 0.15) is 43.2 Å². The van der Waals surface area contributed by atoms with Gasteiger partial charge in [-0.3, -0.25) is 23.2 Å². The Hall–Kier alpha value is -3.12. The predicted octanol–water partition coefficient (Wildman–Crippen LogP) is 8.14. The minimum Gasteiger partial charge on any atom is -0.462 e. The molecule has 0 amide bonds. The Bertz CT molecular complexity index is 1700. The Labute approximate surface area is 403 Å². The van der Waals surface area contributed by atoms with Gasteiger partial charge in [-0.05, 0) is 77.0 Å². The maximum absolute atomic E-state index is 13.0. The van der Waals surface area contributed by atoms with E-state index in [-0.39, 0.29) is 12.8 Å². The molecule has 17 nitrogen and oxygen atoms in total. The number of phosphoric acid groups is 2. The fraction of sp³-hybridized carbons (Fsp3) is 0.633. The third-order valence-corrected chi connectivity index (χ3v) is 11.8. The largest absolute Gasteiger partial charge is 0.472 e. The molecule has 1 aliphatic carbocycles. The number of rotatable bonds is 38. The van der Waals surface area contributed by atoms with Crippen LogP contribution in [0.4, 0.5) is 0 Å². The van der Waals surface area contributed by atoms with Crippen LogP contribution in [0.25, 0.3) is 0 Å². The molecule has 388 valence electrons. The first-order chi connectivity index (χ1) is 32.5. The van der Waals surface area contributed by atoms with E-state index in [1.807, 2.05) is 18.2 Å². The number of carbonyl (C=O) groups excluding carboxylic acids is 2. The van der Waals surface area contributed by atoms with Crippen molar-refractivity contribution in [1.29, 1.82) is 0 Å². The molecule has 0 bridgehead atoms. The lowest BCUT2D eigenvalue weighted by Gasteiger charge is -2.43. The van der Waals surface area contributed by atoms with Crippen molar-refractivity contribution in [3.63, 3.8) is 0 Å². The summed E-state index contributed by atoms with van der Waals surface area (Å²) in [7, 11) is -10.7. The van der Waals surface area contributed by atoms with E-state index in [2.05, 4.69) is 91.3 Å². The van der Waals surface area contributed by atoms with Crippen LogP contribution in [0.15, 0.2) is 97.2 Å². The van der Waals surface area contributed by atoms with Crippen molar-refractivity contribution in [2.45, 2.75) is 185 Å². The maximum atomic E-state index is 13.0. The molecule has 0 heterocycles. The SMILES string of the molecule is CC/C=C\C/C=C\C/C=C\C/C=C\C/C=C\CCCCCC(=O)O[C@H](COC(=O)CCCCCCCC(O)/C=C/C=C/C/C=C/CC)COP(=O)(O)O[C@H]1C(O)C(O)C(O)[C@@H](OP(=O)(O)O)C1O. The highest BCUT2D eigenvalue weighted by molar-refractivity contribution is 7.47. The van der Waals surface area contributed by atoms with Crippen LogP contribution in [0.5, 0.6) is 0 Å². The lowest BCUT2D eigenvalue weighted by molar-refractivity contribution is -0.216. The molecule has 0 aliphatic heterocycles. The number of aliphatic hydroxyl groups excluding tert-OH is 5. The molecule has 0 aromatic carbocycles. The van der Waals surface area contributed by atoms with E-state index >= 15 is 0 Å². The first-order valence-corrected chi connectivity index (χ1v) is 26.9. The van der Waals surface area contributed by atoms with E-state index in [4.69, 9.17) is 18.5 Å². The third kappa shape index (κ3) is 32.6. The van der Waals surface area contributed by atoms with Crippen LogP contribution in [0.2, 0.25) is 0 Å². The summed E-state index contributed by atoms with van der Waals surface area (Å²) < 4.78 is 49.3. The first kappa shape index (κ1) is 62.9. The molecule has 1 fully saturated rings. The maximum Gasteiger partial charge on any atom is 0.472 e. The highest BCUT2D eigenvalue weighted by Crippen LogP contribution is 2.49.